The minimum absolute atomic E-state index is 0.365. The molecule has 0 aromatic carbocycles. The number of halogens is 1. The van der Waals surface area contributed by atoms with E-state index in [1.54, 1.807) is 0 Å². The first-order chi connectivity index (χ1) is 6.33. The van der Waals surface area contributed by atoms with Crippen molar-refractivity contribution >= 4 is 11.6 Å². The zero-order chi connectivity index (χ0) is 9.26. The van der Waals surface area contributed by atoms with Crippen LogP contribution in [-0.2, 0) is 6.42 Å². The van der Waals surface area contributed by atoms with Gasteiger partial charge < -0.3 is 5.32 Å². The van der Waals surface area contributed by atoms with Crippen LogP contribution in [-0.4, -0.2) is 16.7 Å². The van der Waals surface area contributed by atoms with Crippen molar-refractivity contribution in [2.45, 2.75) is 32.2 Å². The predicted molar refractivity (Wildman–Crippen MR) is 53.0 cm³/mol. The Labute approximate surface area is 82.9 Å². The lowest BCUT2D eigenvalue weighted by atomic mass is 10.1. The SMILES string of the molecule is CCc1[nH]nc(C2CCCN2)c1Cl. The van der Waals surface area contributed by atoms with Gasteiger partial charge in [0.05, 0.1) is 22.5 Å². The molecule has 0 bridgehead atoms. The molecule has 13 heavy (non-hydrogen) atoms. The molecule has 0 radical (unpaired) electrons. The fourth-order valence-corrected chi connectivity index (χ4v) is 2.11. The molecule has 1 aromatic rings. The maximum atomic E-state index is 6.17. The van der Waals surface area contributed by atoms with E-state index in [1.165, 1.54) is 6.42 Å². The van der Waals surface area contributed by atoms with Crippen molar-refractivity contribution in [3.05, 3.63) is 16.4 Å². The molecule has 0 spiro atoms. The second-order valence-corrected chi connectivity index (χ2v) is 3.78. The van der Waals surface area contributed by atoms with Crippen LogP contribution >= 0.6 is 11.6 Å². The van der Waals surface area contributed by atoms with Gasteiger partial charge in [0.1, 0.15) is 0 Å². The Balaban J connectivity index is 2.24. The summed E-state index contributed by atoms with van der Waals surface area (Å²) in [5, 5.41) is 11.4. The normalized spacial score (nSPS) is 22.5. The average molecular weight is 200 g/mol. The second-order valence-electron chi connectivity index (χ2n) is 3.40. The van der Waals surface area contributed by atoms with Crippen LogP contribution in [0.25, 0.3) is 0 Å². The summed E-state index contributed by atoms with van der Waals surface area (Å²) in [6, 6.07) is 0.365. The van der Waals surface area contributed by atoms with Crippen LogP contribution in [0.15, 0.2) is 0 Å². The van der Waals surface area contributed by atoms with Crippen LogP contribution in [0.3, 0.4) is 0 Å². The standard InChI is InChI=1S/C9H14ClN3/c1-2-6-8(10)9(13-12-6)7-4-3-5-11-7/h7,11H,2-5H2,1H3,(H,12,13). The molecule has 1 aliphatic rings. The number of aromatic nitrogens is 2. The molecule has 2 N–H and O–H groups in total. The van der Waals surface area contributed by atoms with Gasteiger partial charge in [0.2, 0.25) is 0 Å². The van der Waals surface area contributed by atoms with Crippen molar-refractivity contribution < 1.29 is 0 Å². The lowest BCUT2D eigenvalue weighted by Gasteiger charge is -2.06. The van der Waals surface area contributed by atoms with E-state index in [9.17, 15) is 0 Å². The molecule has 2 rings (SSSR count). The molecule has 0 aliphatic carbocycles. The van der Waals surface area contributed by atoms with E-state index < -0.39 is 0 Å². The van der Waals surface area contributed by atoms with Gasteiger partial charge >= 0.3 is 0 Å². The molecular formula is C9H14ClN3. The molecule has 1 aliphatic heterocycles. The Morgan fingerprint density at radius 1 is 1.62 bits per heavy atom. The van der Waals surface area contributed by atoms with Gasteiger partial charge in [-0.2, -0.15) is 5.10 Å². The third-order valence-electron chi connectivity index (χ3n) is 2.55. The smallest absolute Gasteiger partial charge is 0.0980 e. The fraction of sp³-hybridized carbons (Fsp3) is 0.667. The van der Waals surface area contributed by atoms with Gasteiger partial charge in [-0.1, -0.05) is 18.5 Å². The summed E-state index contributed by atoms with van der Waals surface area (Å²) >= 11 is 6.17. The van der Waals surface area contributed by atoms with Crippen molar-refractivity contribution in [2.24, 2.45) is 0 Å². The van der Waals surface area contributed by atoms with Gasteiger partial charge in [-0.05, 0) is 25.8 Å². The van der Waals surface area contributed by atoms with Crippen molar-refractivity contribution in [2.75, 3.05) is 6.54 Å². The van der Waals surface area contributed by atoms with Crippen LogP contribution in [0.4, 0.5) is 0 Å². The first-order valence-corrected chi connectivity index (χ1v) is 5.16. The fourth-order valence-electron chi connectivity index (χ4n) is 1.76. The van der Waals surface area contributed by atoms with Crippen molar-refractivity contribution in [1.29, 1.82) is 0 Å². The molecule has 1 saturated heterocycles. The van der Waals surface area contributed by atoms with Crippen molar-refractivity contribution in [3.63, 3.8) is 0 Å². The highest BCUT2D eigenvalue weighted by Crippen LogP contribution is 2.29. The highest BCUT2D eigenvalue weighted by Gasteiger charge is 2.22. The molecule has 1 aromatic heterocycles. The van der Waals surface area contributed by atoms with Gasteiger partial charge in [-0.3, -0.25) is 5.10 Å². The minimum Gasteiger partial charge on any atom is -0.309 e. The van der Waals surface area contributed by atoms with Crippen LogP contribution in [0.1, 0.15) is 37.2 Å². The monoisotopic (exact) mass is 199 g/mol. The third kappa shape index (κ3) is 1.58. The third-order valence-corrected chi connectivity index (χ3v) is 2.97. The number of hydrogen-bond acceptors (Lipinski definition) is 2. The van der Waals surface area contributed by atoms with E-state index in [0.29, 0.717) is 6.04 Å². The van der Waals surface area contributed by atoms with Crippen LogP contribution in [0.5, 0.6) is 0 Å². The van der Waals surface area contributed by atoms with E-state index >= 15 is 0 Å². The number of aryl methyl sites for hydroxylation is 1. The summed E-state index contributed by atoms with van der Waals surface area (Å²) < 4.78 is 0. The zero-order valence-electron chi connectivity index (χ0n) is 7.73. The molecule has 72 valence electrons. The first kappa shape index (κ1) is 9.03. The number of hydrogen-bond donors (Lipinski definition) is 2. The Bertz CT molecular complexity index is 289. The molecule has 1 fully saturated rings. The summed E-state index contributed by atoms with van der Waals surface area (Å²) in [6.45, 7) is 3.15. The Hall–Kier alpha value is -0.540. The molecular weight excluding hydrogens is 186 g/mol. The number of rotatable bonds is 2. The number of H-pyrrole nitrogens is 1. The highest BCUT2D eigenvalue weighted by molar-refractivity contribution is 6.31. The van der Waals surface area contributed by atoms with E-state index in [-0.39, 0.29) is 0 Å². The molecule has 2 heterocycles. The molecule has 0 amide bonds. The van der Waals surface area contributed by atoms with Gasteiger partial charge in [-0.15, -0.1) is 0 Å². The molecule has 4 heteroatoms. The topological polar surface area (TPSA) is 40.7 Å². The second kappa shape index (κ2) is 3.68. The first-order valence-electron chi connectivity index (χ1n) is 4.79. The van der Waals surface area contributed by atoms with Gasteiger partial charge in [0.15, 0.2) is 0 Å². The summed E-state index contributed by atoms with van der Waals surface area (Å²) in [4.78, 5) is 0. The summed E-state index contributed by atoms with van der Waals surface area (Å²) in [6.07, 6.45) is 3.28. The number of nitrogens with zero attached hydrogens (tertiary/aromatic N) is 1. The molecule has 1 atom stereocenters. The largest absolute Gasteiger partial charge is 0.309 e. The average Bonchev–Trinajstić information content (AvgIpc) is 2.72. The highest BCUT2D eigenvalue weighted by atomic mass is 35.5. The predicted octanol–water partition coefficient (Wildman–Crippen LogP) is 2.05. The summed E-state index contributed by atoms with van der Waals surface area (Å²) in [5.41, 5.74) is 2.04. The minimum atomic E-state index is 0.365. The van der Waals surface area contributed by atoms with E-state index in [1.807, 2.05) is 0 Å². The molecule has 0 saturated carbocycles. The Morgan fingerprint density at radius 3 is 3.00 bits per heavy atom. The lowest BCUT2D eigenvalue weighted by molar-refractivity contribution is 0.625. The number of aromatic amines is 1. The van der Waals surface area contributed by atoms with E-state index in [0.717, 1.165) is 35.8 Å². The number of nitrogens with one attached hydrogen (secondary N) is 2. The van der Waals surface area contributed by atoms with Crippen LogP contribution in [0, 0.1) is 0 Å². The van der Waals surface area contributed by atoms with Crippen molar-refractivity contribution in [1.82, 2.24) is 15.5 Å². The van der Waals surface area contributed by atoms with Gasteiger partial charge in [0.25, 0.3) is 0 Å². The summed E-state index contributed by atoms with van der Waals surface area (Å²) in [5.74, 6) is 0. The molecule has 1 unspecified atom stereocenters. The zero-order valence-corrected chi connectivity index (χ0v) is 8.49. The van der Waals surface area contributed by atoms with Gasteiger partial charge in [0, 0.05) is 0 Å². The maximum Gasteiger partial charge on any atom is 0.0980 e. The summed E-state index contributed by atoms with van der Waals surface area (Å²) in [7, 11) is 0. The lowest BCUT2D eigenvalue weighted by Crippen LogP contribution is -2.13. The Kier molecular flexibility index (Phi) is 2.56. The van der Waals surface area contributed by atoms with Crippen LogP contribution < -0.4 is 5.32 Å². The molecule has 3 nitrogen and oxygen atoms in total. The Morgan fingerprint density at radius 2 is 2.46 bits per heavy atom. The maximum absolute atomic E-state index is 6.17. The van der Waals surface area contributed by atoms with E-state index in [2.05, 4.69) is 22.4 Å². The van der Waals surface area contributed by atoms with Crippen LogP contribution in [0.2, 0.25) is 5.02 Å². The van der Waals surface area contributed by atoms with Gasteiger partial charge in [-0.25, -0.2) is 0 Å². The van der Waals surface area contributed by atoms with Crippen molar-refractivity contribution in [3.8, 4) is 0 Å². The quantitative estimate of drug-likeness (QED) is 0.766. The van der Waals surface area contributed by atoms with E-state index in [4.69, 9.17) is 11.6 Å².